The van der Waals surface area contributed by atoms with E-state index < -0.39 is 0 Å². The summed E-state index contributed by atoms with van der Waals surface area (Å²) in [4.78, 5) is 18.7. The van der Waals surface area contributed by atoms with Crippen LogP contribution >= 0.6 is 11.8 Å². The lowest BCUT2D eigenvalue weighted by Crippen LogP contribution is -1.95. The smallest absolute Gasteiger partial charge is 0.140 e. The Bertz CT molecular complexity index is 1570. The van der Waals surface area contributed by atoms with E-state index in [-0.39, 0.29) is 5.75 Å². The zero-order valence-corrected chi connectivity index (χ0v) is 19.7. The number of hydrogen-bond acceptors (Lipinski definition) is 6. The summed E-state index contributed by atoms with van der Waals surface area (Å²) in [5.41, 5.74) is 5.96. The molecule has 5 aromatic rings. The van der Waals surface area contributed by atoms with Crippen LogP contribution in [0.5, 0.6) is 5.75 Å². The molecule has 0 aliphatic rings. The summed E-state index contributed by atoms with van der Waals surface area (Å²) >= 11 is 1.57. The lowest BCUT2D eigenvalue weighted by molar-refractivity contribution is 0.471. The summed E-state index contributed by atoms with van der Waals surface area (Å²) in [6.45, 7) is 5.67. The largest absolute Gasteiger partial charge is 0.508 e. The van der Waals surface area contributed by atoms with E-state index >= 15 is 0 Å². The van der Waals surface area contributed by atoms with Crippen LogP contribution in [0.4, 0.5) is 0 Å². The zero-order chi connectivity index (χ0) is 23.8. The number of pyridine rings is 1. The van der Waals surface area contributed by atoms with Crippen LogP contribution in [0.3, 0.4) is 0 Å². The molecule has 2 aromatic carbocycles. The maximum absolute atomic E-state index is 10.4. The number of rotatable bonds is 4. The normalized spacial score (nSPS) is 11.0. The SMILES string of the molecule is Cc1ncc(-c2[nH]c3ncc(-c4c(C)ccc(O)c4C)c(C#N)c3c2Sc2ccccc2)cn1. The van der Waals surface area contributed by atoms with E-state index in [0.717, 1.165) is 43.1 Å². The summed E-state index contributed by atoms with van der Waals surface area (Å²) in [6.07, 6.45) is 5.26. The summed E-state index contributed by atoms with van der Waals surface area (Å²) in [6, 6.07) is 16.0. The second-order valence-corrected chi connectivity index (χ2v) is 9.13. The molecule has 0 fully saturated rings. The van der Waals surface area contributed by atoms with Crippen LogP contribution in [0.15, 0.2) is 70.8 Å². The van der Waals surface area contributed by atoms with E-state index in [1.54, 1.807) is 36.4 Å². The van der Waals surface area contributed by atoms with Gasteiger partial charge in [0.15, 0.2) is 0 Å². The van der Waals surface area contributed by atoms with Crippen LogP contribution < -0.4 is 0 Å². The number of benzene rings is 2. The van der Waals surface area contributed by atoms with Crippen LogP contribution in [0.2, 0.25) is 0 Å². The number of hydrogen-bond donors (Lipinski definition) is 2. The van der Waals surface area contributed by atoms with Gasteiger partial charge in [0.2, 0.25) is 0 Å². The van der Waals surface area contributed by atoms with E-state index in [1.165, 1.54) is 0 Å². The topological polar surface area (TPSA) is 98.5 Å². The van der Waals surface area contributed by atoms with E-state index in [0.29, 0.717) is 22.6 Å². The minimum atomic E-state index is 0.190. The number of aryl methyl sites for hydroxylation is 2. The Morgan fingerprint density at radius 2 is 1.68 bits per heavy atom. The van der Waals surface area contributed by atoms with Crippen molar-refractivity contribution in [1.82, 2.24) is 19.9 Å². The maximum Gasteiger partial charge on any atom is 0.140 e. The van der Waals surface area contributed by atoms with Gasteiger partial charge in [-0.1, -0.05) is 36.0 Å². The fourth-order valence-corrected chi connectivity index (χ4v) is 5.22. The third-order valence-electron chi connectivity index (χ3n) is 5.84. The van der Waals surface area contributed by atoms with Gasteiger partial charge in [-0.2, -0.15) is 5.26 Å². The van der Waals surface area contributed by atoms with Crippen molar-refractivity contribution in [3.63, 3.8) is 0 Å². The van der Waals surface area contributed by atoms with Gasteiger partial charge in [0.1, 0.15) is 23.3 Å². The quantitative estimate of drug-likeness (QED) is 0.323. The predicted molar refractivity (Wildman–Crippen MR) is 134 cm³/mol. The zero-order valence-electron chi connectivity index (χ0n) is 18.9. The molecule has 0 saturated carbocycles. The van der Waals surface area contributed by atoms with Crippen molar-refractivity contribution >= 4 is 22.8 Å². The minimum absolute atomic E-state index is 0.190. The average Bonchev–Trinajstić information content (AvgIpc) is 3.21. The van der Waals surface area contributed by atoms with Crippen molar-refractivity contribution in [1.29, 1.82) is 5.26 Å². The number of nitriles is 1. The van der Waals surface area contributed by atoms with Crippen LogP contribution in [0.25, 0.3) is 33.4 Å². The molecule has 0 bridgehead atoms. The molecule has 166 valence electrons. The first-order valence-electron chi connectivity index (χ1n) is 10.7. The van der Waals surface area contributed by atoms with Gasteiger partial charge in [-0.05, 0) is 55.7 Å². The van der Waals surface area contributed by atoms with Crippen LogP contribution in [0, 0.1) is 32.1 Å². The summed E-state index contributed by atoms with van der Waals surface area (Å²) < 4.78 is 0. The Kier molecular flexibility index (Phi) is 5.52. The number of phenols is 1. The lowest BCUT2D eigenvalue weighted by atomic mass is 9.92. The Morgan fingerprint density at radius 3 is 2.38 bits per heavy atom. The minimum Gasteiger partial charge on any atom is -0.508 e. The summed E-state index contributed by atoms with van der Waals surface area (Å²) in [5, 5.41) is 21.4. The van der Waals surface area contributed by atoms with Gasteiger partial charge in [-0.25, -0.2) is 15.0 Å². The predicted octanol–water partition coefficient (Wildman–Crippen LogP) is 6.34. The van der Waals surface area contributed by atoms with Gasteiger partial charge < -0.3 is 10.1 Å². The molecule has 0 aliphatic heterocycles. The molecule has 0 spiro atoms. The Labute approximate surface area is 201 Å². The number of nitrogens with one attached hydrogen (secondary N) is 1. The molecular formula is C27H21N5OS. The maximum atomic E-state index is 10.4. The number of aromatic amines is 1. The molecule has 0 aliphatic carbocycles. The number of nitrogens with zero attached hydrogens (tertiary/aromatic N) is 4. The summed E-state index contributed by atoms with van der Waals surface area (Å²) in [5.74, 6) is 0.875. The Balaban J connectivity index is 1.84. The first kappa shape index (κ1) is 21.7. The molecule has 0 radical (unpaired) electrons. The van der Waals surface area contributed by atoms with Crippen molar-refractivity contribution < 1.29 is 5.11 Å². The number of fused-ring (bicyclic) bond motifs is 1. The third-order valence-corrected chi connectivity index (χ3v) is 6.96. The van der Waals surface area contributed by atoms with Crippen molar-refractivity contribution in [2.45, 2.75) is 30.6 Å². The van der Waals surface area contributed by atoms with Gasteiger partial charge in [0.05, 0.1) is 16.6 Å². The van der Waals surface area contributed by atoms with Crippen molar-refractivity contribution in [2.24, 2.45) is 0 Å². The standard InChI is InChI=1S/C27H21N5OS/c1-15-9-10-22(33)16(2)23(15)21-14-31-27-24(20(21)11-28)26(34-19-7-5-4-6-8-19)25(32-27)18-12-29-17(3)30-13-18/h4-10,12-14,33H,1-3H3,(H,31,32). The number of phenolic OH excluding ortho intramolecular Hbond substituents is 1. The van der Waals surface area contributed by atoms with Crippen molar-refractivity contribution in [3.05, 3.63) is 83.6 Å². The fourth-order valence-electron chi connectivity index (χ4n) is 4.12. The fraction of sp³-hybridized carbons (Fsp3) is 0.111. The highest BCUT2D eigenvalue weighted by Crippen LogP contribution is 2.44. The van der Waals surface area contributed by atoms with E-state index in [1.807, 2.05) is 57.2 Å². The van der Waals surface area contributed by atoms with E-state index in [2.05, 4.69) is 21.0 Å². The van der Waals surface area contributed by atoms with Crippen molar-refractivity contribution in [3.8, 4) is 34.2 Å². The molecule has 34 heavy (non-hydrogen) atoms. The summed E-state index contributed by atoms with van der Waals surface area (Å²) in [7, 11) is 0. The molecule has 3 aromatic heterocycles. The van der Waals surface area contributed by atoms with E-state index in [9.17, 15) is 10.4 Å². The highest BCUT2D eigenvalue weighted by Gasteiger charge is 2.23. The molecule has 7 heteroatoms. The molecule has 6 nitrogen and oxygen atoms in total. The molecular weight excluding hydrogens is 442 g/mol. The highest BCUT2D eigenvalue weighted by molar-refractivity contribution is 7.99. The first-order chi connectivity index (χ1) is 16.5. The average molecular weight is 464 g/mol. The molecule has 0 atom stereocenters. The second kappa shape index (κ2) is 8.65. The number of aromatic nitrogens is 4. The molecule has 2 N–H and O–H groups in total. The van der Waals surface area contributed by atoms with Crippen LogP contribution in [0.1, 0.15) is 22.5 Å². The monoisotopic (exact) mass is 463 g/mol. The Hall–Kier alpha value is -4.15. The van der Waals surface area contributed by atoms with Gasteiger partial charge in [0.25, 0.3) is 0 Å². The van der Waals surface area contributed by atoms with Gasteiger partial charge in [0, 0.05) is 39.5 Å². The second-order valence-electron chi connectivity index (χ2n) is 8.05. The van der Waals surface area contributed by atoms with Gasteiger partial charge >= 0.3 is 0 Å². The Morgan fingerprint density at radius 1 is 0.941 bits per heavy atom. The highest BCUT2D eigenvalue weighted by atomic mass is 32.2. The van der Waals surface area contributed by atoms with Gasteiger partial charge in [-0.3, -0.25) is 0 Å². The van der Waals surface area contributed by atoms with Crippen LogP contribution in [-0.2, 0) is 0 Å². The van der Waals surface area contributed by atoms with Gasteiger partial charge in [-0.15, -0.1) is 0 Å². The number of aromatic hydroxyl groups is 1. The molecule has 3 heterocycles. The molecule has 0 saturated heterocycles. The molecule has 0 amide bonds. The molecule has 5 rings (SSSR count). The number of H-pyrrole nitrogens is 1. The van der Waals surface area contributed by atoms with E-state index in [4.69, 9.17) is 4.98 Å². The van der Waals surface area contributed by atoms with Crippen molar-refractivity contribution in [2.75, 3.05) is 0 Å². The lowest BCUT2D eigenvalue weighted by Gasteiger charge is -2.14. The first-order valence-corrected chi connectivity index (χ1v) is 11.6. The third kappa shape index (κ3) is 3.68. The van der Waals surface area contributed by atoms with Crippen LogP contribution in [-0.4, -0.2) is 25.0 Å². The molecule has 0 unspecified atom stereocenters.